The molecule has 8 heteroatoms. The second-order valence-corrected chi connectivity index (χ2v) is 6.47. The highest BCUT2D eigenvalue weighted by Crippen LogP contribution is 2.17. The molecule has 0 saturated carbocycles. The third-order valence-electron chi connectivity index (χ3n) is 3.90. The highest BCUT2D eigenvalue weighted by Gasteiger charge is 2.15. The summed E-state index contributed by atoms with van der Waals surface area (Å²) in [5, 5.41) is 4.50. The van der Waals surface area contributed by atoms with E-state index in [2.05, 4.69) is 5.32 Å². The van der Waals surface area contributed by atoms with Crippen LogP contribution in [0.15, 0.2) is 45.3 Å². The Morgan fingerprint density at radius 2 is 1.85 bits per heavy atom. The molecular weight excluding hydrogens is 354 g/mol. The van der Waals surface area contributed by atoms with Crippen LogP contribution in [0.5, 0.6) is 5.75 Å². The number of rotatable bonds is 6. The lowest BCUT2D eigenvalue weighted by atomic mass is 10.3. The van der Waals surface area contributed by atoms with Crippen LogP contribution in [-0.4, -0.2) is 21.6 Å². The van der Waals surface area contributed by atoms with E-state index in [9.17, 15) is 14.4 Å². The Kier molecular flexibility index (Phi) is 5.22. The van der Waals surface area contributed by atoms with E-state index in [1.54, 1.807) is 42.6 Å². The summed E-state index contributed by atoms with van der Waals surface area (Å²) in [5.74, 6) is 0.377. The molecule has 1 amide bonds. The molecular formula is C18H19N3O4S. The predicted octanol–water partition coefficient (Wildman–Crippen LogP) is 2.28. The van der Waals surface area contributed by atoms with E-state index < -0.39 is 5.69 Å². The first kappa shape index (κ1) is 17.9. The minimum Gasteiger partial charge on any atom is -0.494 e. The first-order chi connectivity index (χ1) is 12.5. The molecule has 0 aliphatic carbocycles. The zero-order valence-electron chi connectivity index (χ0n) is 14.5. The molecule has 0 saturated heterocycles. The molecule has 0 unspecified atom stereocenters. The molecule has 0 fully saturated rings. The maximum atomic E-state index is 12.6. The summed E-state index contributed by atoms with van der Waals surface area (Å²) >= 11 is 1.26. The van der Waals surface area contributed by atoms with E-state index in [-0.39, 0.29) is 24.6 Å². The number of carbonyl (C=O) groups excluding carboxylic acids is 1. The van der Waals surface area contributed by atoms with E-state index in [1.807, 2.05) is 6.92 Å². The number of anilines is 1. The van der Waals surface area contributed by atoms with Gasteiger partial charge in [0, 0.05) is 12.2 Å². The van der Waals surface area contributed by atoms with Gasteiger partial charge in [0.05, 0.1) is 12.1 Å². The van der Waals surface area contributed by atoms with Crippen molar-refractivity contribution in [3.8, 4) is 5.75 Å². The summed E-state index contributed by atoms with van der Waals surface area (Å²) in [5.41, 5.74) is 0.296. The standard InChI is InChI=1S/C18H19N3O4S/c1-3-20-17(23)16-14(9-10-26-16)21(18(20)24)11-15(22)19-12-5-7-13(8-6-12)25-4-2/h5-10H,3-4,11H2,1-2H3,(H,19,22). The van der Waals surface area contributed by atoms with Crippen molar-refractivity contribution in [2.24, 2.45) is 0 Å². The molecule has 2 heterocycles. The van der Waals surface area contributed by atoms with Crippen molar-refractivity contribution >= 4 is 33.1 Å². The van der Waals surface area contributed by atoms with Crippen LogP contribution in [0.25, 0.3) is 10.2 Å². The fraction of sp³-hybridized carbons (Fsp3) is 0.278. The summed E-state index contributed by atoms with van der Waals surface area (Å²) in [7, 11) is 0. The maximum Gasteiger partial charge on any atom is 0.331 e. The molecule has 0 radical (unpaired) electrons. The van der Waals surface area contributed by atoms with E-state index in [4.69, 9.17) is 4.74 Å². The van der Waals surface area contributed by atoms with Crippen molar-refractivity contribution in [1.82, 2.24) is 9.13 Å². The second-order valence-electron chi connectivity index (χ2n) is 5.56. The van der Waals surface area contributed by atoms with Crippen molar-refractivity contribution in [2.45, 2.75) is 26.9 Å². The zero-order valence-corrected chi connectivity index (χ0v) is 15.3. The Bertz CT molecular complexity index is 1050. The van der Waals surface area contributed by atoms with Gasteiger partial charge < -0.3 is 10.1 Å². The molecule has 1 N–H and O–H groups in total. The smallest absolute Gasteiger partial charge is 0.331 e. The molecule has 3 rings (SSSR count). The van der Waals surface area contributed by atoms with Crippen LogP contribution >= 0.6 is 11.3 Å². The Balaban J connectivity index is 1.86. The average molecular weight is 373 g/mol. The van der Waals surface area contributed by atoms with Gasteiger partial charge in [-0.15, -0.1) is 11.3 Å². The lowest BCUT2D eigenvalue weighted by Crippen LogP contribution is -2.40. The molecule has 1 aromatic carbocycles. The minimum absolute atomic E-state index is 0.167. The highest BCUT2D eigenvalue weighted by molar-refractivity contribution is 7.17. The number of benzene rings is 1. The molecule has 3 aromatic rings. The van der Waals surface area contributed by atoms with Gasteiger partial charge in [0.2, 0.25) is 5.91 Å². The number of nitrogens with one attached hydrogen (secondary N) is 1. The van der Waals surface area contributed by atoms with Crippen LogP contribution in [0, 0.1) is 0 Å². The second kappa shape index (κ2) is 7.57. The molecule has 0 spiro atoms. The SMILES string of the molecule is CCOc1ccc(NC(=O)Cn2c(=O)n(CC)c(=O)c3sccc32)cc1. The number of hydrogen-bond acceptors (Lipinski definition) is 5. The van der Waals surface area contributed by atoms with Gasteiger partial charge in [-0.25, -0.2) is 4.79 Å². The van der Waals surface area contributed by atoms with Gasteiger partial charge in [0.15, 0.2) is 0 Å². The molecule has 0 bridgehead atoms. The van der Waals surface area contributed by atoms with Crippen LogP contribution in [0.3, 0.4) is 0 Å². The number of thiophene rings is 1. The number of carbonyl (C=O) groups is 1. The maximum absolute atomic E-state index is 12.6. The number of hydrogen-bond donors (Lipinski definition) is 1. The van der Waals surface area contributed by atoms with Gasteiger partial charge in [0.1, 0.15) is 17.0 Å². The molecule has 136 valence electrons. The number of nitrogens with zero attached hydrogens (tertiary/aromatic N) is 2. The summed E-state index contributed by atoms with van der Waals surface area (Å²) < 4.78 is 8.31. The van der Waals surface area contributed by atoms with Crippen molar-refractivity contribution in [2.75, 3.05) is 11.9 Å². The first-order valence-electron chi connectivity index (χ1n) is 8.28. The topological polar surface area (TPSA) is 82.3 Å². The fourth-order valence-electron chi connectivity index (χ4n) is 2.71. The fourth-order valence-corrected chi connectivity index (χ4v) is 3.55. The van der Waals surface area contributed by atoms with Crippen molar-refractivity contribution in [3.05, 3.63) is 56.5 Å². The van der Waals surface area contributed by atoms with Crippen molar-refractivity contribution < 1.29 is 9.53 Å². The molecule has 26 heavy (non-hydrogen) atoms. The monoisotopic (exact) mass is 373 g/mol. The van der Waals surface area contributed by atoms with Crippen molar-refractivity contribution in [1.29, 1.82) is 0 Å². The Labute approximate surface area is 153 Å². The lowest BCUT2D eigenvalue weighted by molar-refractivity contribution is -0.116. The molecule has 2 aromatic heterocycles. The van der Waals surface area contributed by atoms with Crippen LogP contribution < -0.4 is 21.3 Å². The zero-order chi connectivity index (χ0) is 18.7. The molecule has 0 aliphatic rings. The molecule has 0 atom stereocenters. The van der Waals surface area contributed by atoms with Crippen LogP contribution in [0.4, 0.5) is 5.69 Å². The van der Waals surface area contributed by atoms with E-state index in [0.717, 1.165) is 10.3 Å². The van der Waals surface area contributed by atoms with Gasteiger partial charge >= 0.3 is 5.69 Å². The predicted molar refractivity (Wildman–Crippen MR) is 102 cm³/mol. The van der Waals surface area contributed by atoms with E-state index in [0.29, 0.717) is 22.5 Å². The molecule has 7 nitrogen and oxygen atoms in total. The van der Waals surface area contributed by atoms with E-state index >= 15 is 0 Å². The first-order valence-corrected chi connectivity index (χ1v) is 9.16. The van der Waals surface area contributed by atoms with Gasteiger partial charge in [-0.1, -0.05) is 0 Å². The summed E-state index contributed by atoms with van der Waals surface area (Å²) in [6.45, 7) is 4.28. The third kappa shape index (κ3) is 3.41. The Morgan fingerprint density at radius 1 is 1.12 bits per heavy atom. The molecule has 0 aliphatic heterocycles. The summed E-state index contributed by atoms with van der Waals surface area (Å²) in [6.07, 6.45) is 0. The summed E-state index contributed by atoms with van der Waals surface area (Å²) in [4.78, 5) is 37.3. The summed E-state index contributed by atoms with van der Waals surface area (Å²) in [6, 6.07) is 8.68. The van der Waals surface area contributed by atoms with Crippen LogP contribution in [0.1, 0.15) is 13.8 Å². The quantitative estimate of drug-likeness (QED) is 0.719. The third-order valence-corrected chi connectivity index (χ3v) is 4.80. The van der Waals surface area contributed by atoms with Gasteiger partial charge in [-0.2, -0.15) is 0 Å². The van der Waals surface area contributed by atoms with E-state index in [1.165, 1.54) is 15.9 Å². The average Bonchev–Trinajstić information content (AvgIpc) is 3.11. The minimum atomic E-state index is -0.481. The lowest BCUT2D eigenvalue weighted by Gasteiger charge is -2.11. The van der Waals surface area contributed by atoms with Crippen LogP contribution in [0.2, 0.25) is 0 Å². The number of amides is 1. The normalized spacial score (nSPS) is 10.8. The van der Waals surface area contributed by atoms with Crippen LogP contribution in [-0.2, 0) is 17.9 Å². The number of ether oxygens (including phenoxy) is 1. The largest absolute Gasteiger partial charge is 0.494 e. The Morgan fingerprint density at radius 3 is 2.50 bits per heavy atom. The van der Waals surface area contributed by atoms with Gasteiger partial charge in [-0.05, 0) is 49.6 Å². The van der Waals surface area contributed by atoms with Gasteiger partial charge in [-0.3, -0.25) is 18.7 Å². The van der Waals surface area contributed by atoms with Gasteiger partial charge in [0.25, 0.3) is 5.56 Å². The number of fused-ring (bicyclic) bond motifs is 1. The number of aromatic nitrogens is 2. The Hall–Kier alpha value is -2.87. The highest BCUT2D eigenvalue weighted by atomic mass is 32.1. The van der Waals surface area contributed by atoms with Crippen molar-refractivity contribution in [3.63, 3.8) is 0 Å².